The van der Waals surface area contributed by atoms with Crippen molar-refractivity contribution in [3.8, 4) is 0 Å². The van der Waals surface area contributed by atoms with Crippen molar-refractivity contribution in [3.05, 3.63) is 11.3 Å². The summed E-state index contributed by atoms with van der Waals surface area (Å²) in [6.45, 7) is 7.47. The molecule has 0 saturated heterocycles. The van der Waals surface area contributed by atoms with Gasteiger partial charge in [-0.05, 0) is 33.3 Å². The predicted molar refractivity (Wildman–Crippen MR) is 40.7 cm³/mol. The summed E-state index contributed by atoms with van der Waals surface area (Å²) in [6.07, 6.45) is 0. The molecule has 0 saturated carbocycles. The fourth-order valence-corrected chi connectivity index (χ4v) is 0.354. The van der Waals surface area contributed by atoms with Gasteiger partial charge in [0.25, 0.3) is 0 Å². The van der Waals surface area contributed by atoms with Gasteiger partial charge in [-0.1, -0.05) is 0 Å². The lowest BCUT2D eigenvalue weighted by Gasteiger charge is -2.04. The molecule has 0 atom stereocenters. The number of carbonyl (C=O) groups is 1. The van der Waals surface area contributed by atoms with E-state index in [1.165, 1.54) is 6.92 Å². The van der Waals surface area contributed by atoms with Crippen molar-refractivity contribution in [2.24, 2.45) is 0 Å². The monoisotopic (exact) mass is 142 g/mol. The van der Waals surface area contributed by atoms with E-state index in [2.05, 4.69) is 0 Å². The minimum Gasteiger partial charge on any atom is -0.491 e. The van der Waals surface area contributed by atoms with E-state index in [4.69, 9.17) is 4.74 Å². The molecule has 0 aromatic carbocycles. The molecular weight excluding hydrogens is 128 g/mol. The lowest BCUT2D eigenvalue weighted by atomic mass is 10.3. The zero-order valence-electron chi connectivity index (χ0n) is 7.02. The second kappa shape index (κ2) is 4.09. The van der Waals surface area contributed by atoms with Gasteiger partial charge in [-0.25, -0.2) is 0 Å². The van der Waals surface area contributed by atoms with Gasteiger partial charge in [-0.3, -0.25) is 4.79 Å². The lowest BCUT2D eigenvalue weighted by Crippen LogP contribution is -2.02. The van der Waals surface area contributed by atoms with Gasteiger partial charge in [0.05, 0.1) is 5.76 Å². The molecule has 0 fully saturated rings. The number of hydrogen-bond acceptors (Lipinski definition) is 2. The normalized spacial score (nSPS) is 8.80. The van der Waals surface area contributed by atoms with Crippen molar-refractivity contribution in [1.82, 2.24) is 0 Å². The Labute approximate surface area is 61.9 Å². The van der Waals surface area contributed by atoms with Gasteiger partial charge in [-0.15, -0.1) is 0 Å². The molecular formula is C8H14O2. The largest absolute Gasteiger partial charge is 0.491 e. The van der Waals surface area contributed by atoms with Crippen molar-refractivity contribution in [2.45, 2.75) is 27.7 Å². The van der Waals surface area contributed by atoms with Crippen LogP contribution in [0.3, 0.4) is 0 Å². The summed E-state index contributed by atoms with van der Waals surface area (Å²) >= 11 is 0. The third-order valence-electron chi connectivity index (χ3n) is 1.20. The van der Waals surface area contributed by atoms with Gasteiger partial charge in [0.1, 0.15) is 6.61 Å². The van der Waals surface area contributed by atoms with Crippen LogP contribution in [-0.4, -0.2) is 12.4 Å². The van der Waals surface area contributed by atoms with E-state index in [9.17, 15) is 4.79 Å². The topological polar surface area (TPSA) is 26.3 Å². The first-order valence-electron chi connectivity index (χ1n) is 3.30. The molecule has 0 heterocycles. The van der Waals surface area contributed by atoms with Crippen LogP contribution < -0.4 is 0 Å². The summed E-state index contributed by atoms with van der Waals surface area (Å²) in [4.78, 5) is 10.4. The first-order valence-corrected chi connectivity index (χ1v) is 3.30. The Balaban J connectivity index is 3.71. The number of carbonyl (C=O) groups excluding carboxylic acids is 1. The van der Waals surface area contributed by atoms with Gasteiger partial charge in [-0.2, -0.15) is 0 Å². The van der Waals surface area contributed by atoms with E-state index in [-0.39, 0.29) is 12.4 Å². The van der Waals surface area contributed by atoms with Crippen molar-refractivity contribution in [3.63, 3.8) is 0 Å². The summed E-state index contributed by atoms with van der Waals surface area (Å²) in [5.74, 6) is 0.899. The zero-order valence-corrected chi connectivity index (χ0v) is 7.02. The Morgan fingerprint density at radius 3 is 2.00 bits per heavy atom. The minimum absolute atomic E-state index is 0.0561. The molecule has 0 amide bonds. The molecule has 0 aliphatic rings. The van der Waals surface area contributed by atoms with Crippen molar-refractivity contribution in [2.75, 3.05) is 6.61 Å². The number of ketones is 1. The third-order valence-corrected chi connectivity index (χ3v) is 1.20. The quantitative estimate of drug-likeness (QED) is 0.562. The first kappa shape index (κ1) is 9.21. The molecule has 0 rings (SSSR count). The molecule has 0 aliphatic heterocycles. The number of rotatable bonds is 3. The first-order chi connectivity index (χ1) is 4.54. The zero-order chi connectivity index (χ0) is 8.15. The smallest absolute Gasteiger partial charge is 0.167 e. The standard InChI is InChI=1S/C8H14O2/c1-6(2)8(4)10-5-7(3)9/h5H2,1-4H3. The van der Waals surface area contributed by atoms with E-state index in [0.29, 0.717) is 0 Å². The maximum absolute atomic E-state index is 10.4. The minimum atomic E-state index is 0.0561. The maximum atomic E-state index is 10.4. The van der Waals surface area contributed by atoms with Crippen LogP contribution >= 0.6 is 0 Å². The van der Waals surface area contributed by atoms with E-state index < -0.39 is 0 Å². The molecule has 2 nitrogen and oxygen atoms in total. The average Bonchev–Trinajstić information content (AvgIpc) is 1.82. The molecule has 10 heavy (non-hydrogen) atoms. The second-order valence-corrected chi connectivity index (χ2v) is 2.55. The van der Waals surface area contributed by atoms with Crippen molar-refractivity contribution in [1.29, 1.82) is 0 Å². The Morgan fingerprint density at radius 2 is 1.70 bits per heavy atom. The van der Waals surface area contributed by atoms with E-state index >= 15 is 0 Å². The number of allylic oxidation sites excluding steroid dienone is 2. The predicted octanol–water partition coefficient (Wildman–Crippen LogP) is 1.91. The Morgan fingerprint density at radius 1 is 1.20 bits per heavy atom. The fraction of sp³-hybridized carbons (Fsp3) is 0.625. The van der Waals surface area contributed by atoms with Crippen LogP contribution in [0.5, 0.6) is 0 Å². The molecule has 0 aromatic rings. The second-order valence-electron chi connectivity index (χ2n) is 2.55. The Kier molecular flexibility index (Phi) is 3.77. The average molecular weight is 142 g/mol. The summed E-state index contributed by atoms with van der Waals surface area (Å²) in [7, 11) is 0. The van der Waals surface area contributed by atoms with Gasteiger partial charge < -0.3 is 4.74 Å². The molecule has 0 bridgehead atoms. The fourth-order valence-electron chi connectivity index (χ4n) is 0.354. The molecule has 58 valence electrons. The molecule has 0 aliphatic carbocycles. The van der Waals surface area contributed by atoms with Gasteiger partial charge >= 0.3 is 0 Å². The number of Topliss-reactive ketones (excluding diaryl/α,β-unsaturated/α-hetero) is 1. The Bertz CT molecular complexity index is 153. The highest BCUT2D eigenvalue weighted by molar-refractivity contribution is 5.76. The summed E-state index contributed by atoms with van der Waals surface area (Å²) in [5, 5.41) is 0. The molecule has 0 spiro atoms. The summed E-state index contributed by atoms with van der Waals surface area (Å²) in [5.41, 5.74) is 1.11. The third kappa shape index (κ3) is 4.13. The molecule has 0 unspecified atom stereocenters. The highest BCUT2D eigenvalue weighted by atomic mass is 16.5. The highest BCUT2D eigenvalue weighted by Gasteiger charge is 1.95. The van der Waals surface area contributed by atoms with Crippen LogP contribution in [0.25, 0.3) is 0 Å². The van der Waals surface area contributed by atoms with Crippen LogP contribution in [0, 0.1) is 0 Å². The van der Waals surface area contributed by atoms with Crippen LogP contribution in [0.2, 0.25) is 0 Å². The summed E-state index contributed by atoms with van der Waals surface area (Å²) < 4.78 is 5.09. The molecule has 2 heteroatoms. The van der Waals surface area contributed by atoms with Crippen molar-refractivity contribution >= 4 is 5.78 Å². The van der Waals surface area contributed by atoms with E-state index in [1.807, 2.05) is 20.8 Å². The maximum Gasteiger partial charge on any atom is 0.167 e. The highest BCUT2D eigenvalue weighted by Crippen LogP contribution is 2.02. The lowest BCUT2D eigenvalue weighted by molar-refractivity contribution is -0.120. The Hall–Kier alpha value is -0.790. The number of hydrogen-bond donors (Lipinski definition) is 0. The number of ether oxygens (including phenoxy) is 1. The van der Waals surface area contributed by atoms with Crippen LogP contribution in [0.4, 0.5) is 0 Å². The van der Waals surface area contributed by atoms with Gasteiger partial charge in [0.15, 0.2) is 5.78 Å². The van der Waals surface area contributed by atoms with E-state index in [0.717, 1.165) is 11.3 Å². The molecule has 0 radical (unpaired) electrons. The molecule has 0 N–H and O–H groups in total. The molecule has 0 aromatic heterocycles. The van der Waals surface area contributed by atoms with E-state index in [1.54, 1.807) is 0 Å². The van der Waals surface area contributed by atoms with Crippen LogP contribution in [0.15, 0.2) is 11.3 Å². The van der Waals surface area contributed by atoms with Crippen molar-refractivity contribution < 1.29 is 9.53 Å². The van der Waals surface area contributed by atoms with Crippen LogP contribution in [-0.2, 0) is 9.53 Å². The van der Waals surface area contributed by atoms with Crippen LogP contribution in [0.1, 0.15) is 27.7 Å². The SMILES string of the molecule is CC(=O)COC(C)=C(C)C. The van der Waals surface area contributed by atoms with Gasteiger partial charge in [0.2, 0.25) is 0 Å². The summed E-state index contributed by atoms with van der Waals surface area (Å²) in [6, 6.07) is 0. The van der Waals surface area contributed by atoms with Gasteiger partial charge in [0, 0.05) is 0 Å².